The van der Waals surface area contributed by atoms with Crippen molar-refractivity contribution in [3.8, 4) is 0 Å². The Morgan fingerprint density at radius 3 is 2.76 bits per heavy atom. The topological polar surface area (TPSA) is 63.2 Å². The molecule has 2 rings (SSSR count). The van der Waals surface area contributed by atoms with Gasteiger partial charge in [0.15, 0.2) is 0 Å². The molecule has 0 atom stereocenters. The van der Waals surface area contributed by atoms with Crippen LogP contribution in [0, 0.1) is 6.92 Å². The molecule has 0 aromatic heterocycles. The quantitative estimate of drug-likeness (QED) is 0.467. The SMILES string of the molecule is COCCOC(=NCCN1CCCCC1)NC(=O)c1cccc(C)c1. The molecular weight excluding hydrogens is 318 g/mol. The number of carbonyl (C=O) groups excluding carboxylic acids is 1. The summed E-state index contributed by atoms with van der Waals surface area (Å²) in [5.74, 6) is -0.210. The van der Waals surface area contributed by atoms with Gasteiger partial charge in [0.25, 0.3) is 11.9 Å². The summed E-state index contributed by atoms with van der Waals surface area (Å²) in [6, 6.07) is 7.71. The van der Waals surface area contributed by atoms with Crippen LogP contribution in [0.15, 0.2) is 29.3 Å². The third-order valence-corrected chi connectivity index (χ3v) is 4.15. The molecule has 25 heavy (non-hydrogen) atoms. The van der Waals surface area contributed by atoms with Crippen LogP contribution in [0.1, 0.15) is 35.2 Å². The van der Waals surface area contributed by atoms with Gasteiger partial charge in [0.05, 0.1) is 13.2 Å². The molecule has 1 saturated heterocycles. The highest BCUT2D eigenvalue weighted by atomic mass is 16.5. The molecule has 1 aliphatic heterocycles. The molecule has 6 nitrogen and oxygen atoms in total. The summed E-state index contributed by atoms with van der Waals surface area (Å²) in [5.41, 5.74) is 1.63. The van der Waals surface area contributed by atoms with E-state index in [9.17, 15) is 4.79 Å². The lowest BCUT2D eigenvalue weighted by Crippen LogP contribution is -2.35. The van der Waals surface area contributed by atoms with Gasteiger partial charge in [0, 0.05) is 19.2 Å². The van der Waals surface area contributed by atoms with E-state index in [4.69, 9.17) is 9.47 Å². The molecule has 0 radical (unpaired) electrons. The van der Waals surface area contributed by atoms with Crippen molar-refractivity contribution in [3.63, 3.8) is 0 Å². The molecule has 1 aliphatic rings. The minimum Gasteiger partial charge on any atom is -0.463 e. The fraction of sp³-hybridized carbons (Fsp3) is 0.579. The monoisotopic (exact) mass is 347 g/mol. The molecule has 6 heteroatoms. The van der Waals surface area contributed by atoms with Gasteiger partial charge in [0.2, 0.25) is 0 Å². The van der Waals surface area contributed by atoms with Gasteiger partial charge in [-0.3, -0.25) is 10.1 Å². The van der Waals surface area contributed by atoms with Crippen LogP contribution >= 0.6 is 0 Å². The lowest BCUT2D eigenvalue weighted by atomic mass is 10.1. The Hall–Kier alpha value is -1.92. The maximum absolute atomic E-state index is 12.4. The normalized spacial score (nSPS) is 15.8. The third kappa shape index (κ3) is 7.23. The van der Waals surface area contributed by atoms with Crippen LogP contribution in [-0.4, -0.2) is 63.3 Å². The second kappa shape index (κ2) is 10.8. The van der Waals surface area contributed by atoms with E-state index < -0.39 is 0 Å². The van der Waals surface area contributed by atoms with E-state index in [-0.39, 0.29) is 11.9 Å². The number of carbonyl (C=O) groups is 1. The average molecular weight is 347 g/mol. The Bertz CT molecular complexity index is 569. The molecular formula is C19H29N3O3. The first kappa shape index (κ1) is 19.4. The van der Waals surface area contributed by atoms with E-state index in [2.05, 4.69) is 15.2 Å². The number of hydrogen-bond donors (Lipinski definition) is 1. The van der Waals surface area contributed by atoms with Crippen molar-refractivity contribution < 1.29 is 14.3 Å². The van der Waals surface area contributed by atoms with E-state index in [1.165, 1.54) is 19.3 Å². The first-order valence-electron chi connectivity index (χ1n) is 8.95. The third-order valence-electron chi connectivity index (χ3n) is 4.15. The van der Waals surface area contributed by atoms with Gasteiger partial charge in [-0.1, -0.05) is 24.1 Å². The van der Waals surface area contributed by atoms with Crippen LogP contribution < -0.4 is 5.32 Å². The smallest absolute Gasteiger partial charge is 0.291 e. The van der Waals surface area contributed by atoms with Gasteiger partial charge in [-0.15, -0.1) is 0 Å². The van der Waals surface area contributed by atoms with Crippen molar-refractivity contribution >= 4 is 11.9 Å². The number of amidine groups is 1. The zero-order chi connectivity index (χ0) is 17.9. The second-order valence-electron chi connectivity index (χ2n) is 6.25. The molecule has 0 unspecified atom stereocenters. The van der Waals surface area contributed by atoms with Gasteiger partial charge < -0.3 is 14.4 Å². The molecule has 1 aromatic carbocycles. The number of aliphatic imine (C=N–C) groups is 1. The summed E-state index contributed by atoms with van der Waals surface area (Å²) in [4.78, 5) is 19.2. The number of methoxy groups -OCH3 is 1. The number of aryl methyl sites for hydroxylation is 1. The van der Waals surface area contributed by atoms with Gasteiger partial charge in [-0.05, 0) is 45.0 Å². The predicted octanol–water partition coefficient (Wildman–Crippen LogP) is 2.23. The molecule has 0 saturated carbocycles. The first-order chi connectivity index (χ1) is 12.2. The van der Waals surface area contributed by atoms with Gasteiger partial charge in [-0.25, -0.2) is 4.99 Å². The lowest BCUT2D eigenvalue weighted by Gasteiger charge is -2.25. The number of rotatable bonds is 7. The maximum Gasteiger partial charge on any atom is 0.291 e. The summed E-state index contributed by atoms with van der Waals surface area (Å²) in [6.45, 7) is 6.52. The molecule has 1 N–H and O–H groups in total. The number of nitrogens with zero attached hydrogens (tertiary/aromatic N) is 2. The Morgan fingerprint density at radius 1 is 1.24 bits per heavy atom. The van der Waals surface area contributed by atoms with Crippen LogP contribution in [0.3, 0.4) is 0 Å². The first-order valence-corrected chi connectivity index (χ1v) is 8.95. The zero-order valence-corrected chi connectivity index (χ0v) is 15.3. The van der Waals surface area contributed by atoms with E-state index in [0.29, 0.717) is 25.3 Å². The summed E-state index contributed by atoms with van der Waals surface area (Å²) in [6.07, 6.45) is 3.83. The molecule has 1 fully saturated rings. The molecule has 0 aliphatic carbocycles. The molecule has 138 valence electrons. The Morgan fingerprint density at radius 2 is 2.04 bits per heavy atom. The standard InChI is InChI=1S/C19H29N3O3/c1-16-7-6-8-17(15-16)18(23)21-19(25-14-13-24-2)20-9-12-22-10-4-3-5-11-22/h6-8,15H,3-5,9-14H2,1-2H3,(H,20,21,23). The van der Waals surface area contributed by atoms with Crippen LogP contribution in [0.25, 0.3) is 0 Å². The number of amides is 1. The zero-order valence-electron chi connectivity index (χ0n) is 15.3. The minimum atomic E-state index is -0.210. The molecule has 0 spiro atoms. The van der Waals surface area contributed by atoms with Crippen molar-refractivity contribution in [1.82, 2.24) is 10.2 Å². The second-order valence-corrected chi connectivity index (χ2v) is 6.25. The van der Waals surface area contributed by atoms with Crippen LogP contribution in [0.4, 0.5) is 0 Å². The van der Waals surface area contributed by atoms with E-state index in [1.807, 2.05) is 25.1 Å². The molecule has 1 heterocycles. The number of likely N-dealkylation sites (tertiary alicyclic amines) is 1. The van der Waals surface area contributed by atoms with Gasteiger partial charge in [-0.2, -0.15) is 0 Å². The fourth-order valence-electron chi connectivity index (χ4n) is 2.77. The lowest BCUT2D eigenvalue weighted by molar-refractivity contribution is 0.0953. The summed E-state index contributed by atoms with van der Waals surface area (Å²) >= 11 is 0. The van der Waals surface area contributed by atoms with Gasteiger partial charge >= 0.3 is 0 Å². The van der Waals surface area contributed by atoms with Crippen molar-refractivity contribution in [2.24, 2.45) is 4.99 Å². The van der Waals surface area contributed by atoms with E-state index >= 15 is 0 Å². The maximum atomic E-state index is 12.4. The highest BCUT2D eigenvalue weighted by molar-refractivity contribution is 6.04. The number of ether oxygens (including phenoxy) is 2. The number of piperidine rings is 1. The van der Waals surface area contributed by atoms with Crippen molar-refractivity contribution in [1.29, 1.82) is 0 Å². The summed E-state index contributed by atoms with van der Waals surface area (Å²) in [5, 5.41) is 2.77. The predicted molar refractivity (Wildman–Crippen MR) is 99.1 cm³/mol. The Labute approximate surface area is 150 Å². The highest BCUT2D eigenvalue weighted by Crippen LogP contribution is 2.08. The van der Waals surface area contributed by atoms with Crippen molar-refractivity contribution in [3.05, 3.63) is 35.4 Å². The Balaban J connectivity index is 1.91. The average Bonchev–Trinajstić information content (AvgIpc) is 2.62. The Kier molecular flexibility index (Phi) is 8.42. The molecule has 1 aromatic rings. The van der Waals surface area contributed by atoms with Crippen LogP contribution in [-0.2, 0) is 9.47 Å². The molecule has 0 bridgehead atoms. The summed E-state index contributed by atoms with van der Waals surface area (Å²) < 4.78 is 10.6. The largest absolute Gasteiger partial charge is 0.463 e. The highest BCUT2D eigenvalue weighted by Gasteiger charge is 2.12. The summed E-state index contributed by atoms with van der Waals surface area (Å²) in [7, 11) is 1.61. The van der Waals surface area contributed by atoms with Crippen LogP contribution in [0.2, 0.25) is 0 Å². The van der Waals surface area contributed by atoms with Gasteiger partial charge in [0.1, 0.15) is 6.61 Å². The van der Waals surface area contributed by atoms with E-state index in [0.717, 1.165) is 25.2 Å². The minimum absolute atomic E-state index is 0.210. The molecule has 1 amide bonds. The van der Waals surface area contributed by atoms with Crippen molar-refractivity contribution in [2.45, 2.75) is 26.2 Å². The fourth-order valence-corrected chi connectivity index (χ4v) is 2.77. The number of benzene rings is 1. The van der Waals surface area contributed by atoms with E-state index in [1.54, 1.807) is 13.2 Å². The number of hydrogen-bond acceptors (Lipinski definition) is 5. The van der Waals surface area contributed by atoms with Crippen LogP contribution in [0.5, 0.6) is 0 Å². The van der Waals surface area contributed by atoms with Crippen molar-refractivity contribution in [2.75, 3.05) is 46.5 Å². The number of nitrogens with one attached hydrogen (secondary N) is 1.